The van der Waals surface area contributed by atoms with Crippen LogP contribution in [0, 0.1) is 0 Å². The van der Waals surface area contributed by atoms with Crippen LogP contribution < -0.4 is 15.5 Å². The van der Waals surface area contributed by atoms with Crippen molar-refractivity contribution in [2.75, 3.05) is 42.2 Å². The second kappa shape index (κ2) is 9.93. The van der Waals surface area contributed by atoms with Crippen molar-refractivity contribution in [2.45, 2.75) is 12.8 Å². The monoisotopic (exact) mass is 448 g/mol. The third kappa shape index (κ3) is 5.95. The highest BCUT2D eigenvalue weighted by Crippen LogP contribution is 2.25. The number of carbonyl (C=O) groups is 3. The fraction of sp³-hybridized carbons (Fsp3) is 0.286. The molecule has 0 atom stereocenters. The SMILES string of the molecule is CN(CC(=O)Nc1cccc(N2CCCC2=O)c1)CC(=O)Nc1ccc(Cl)c(Cl)c1. The van der Waals surface area contributed by atoms with Crippen molar-refractivity contribution in [1.29, 1.82) is 0 Å². The number of anilines is 3. The van der Waals surface area contributed by atoms with Gasteiger partial charge in [-0.2, -0.15) is 0 Å². The maximum atomic E-state index is 12.3. The maximum Gasteiger partial charge on any atom is 0.238 e. The fourth-order valence-electron chi connectivity index (χ4n) is 3.19. The first-order valence-corrected chi connectivity index (χ1v) is 10.2. The van der Waals surface area contributed by atoms with Crippen molar-refractivity contribution in [3.63, 3.8) is 0 Å². The molecule has 1 saturated heterocycles. The van der Waals surface area contributed by atoms with Gasteiger partial charge in [-0.05, 0) is 49.9 Å². The van der Waals surface area contributed by atoms with E-state index < -0.39 is 0 Å². The third-order valence-electron chi connectivity index (χ3n) is 4.55. The minimum Gasteiger partial charge on any atom is -0.325 e. The molecule has 7 nitrogen and oxygen atoms in total. The predicted octanol–water partition coefficient (Wildman–Crippen LogP) is 3.63. The molecule has 0 bridgehead atoms. The summed E-state index contributed by atoms with van der Waals surface area (Å²) < 4.78 is 0. The third-order valence-corrected chi connectivity index (χ3v) is 5.28. The lowest BCUT2D eigenvalue weighted by atomic mass is 10.2. The van der Waals surface area contributed by atoms with Gasteiger partial charge in [0.1, 0.15) is 0 Å². The van der Waals surface area contributed by atoms with Crippen molar-refractivity contribution in [3.05, 3.63) is 52.5 Å². The number of hydrogen-bond acceptors (Lipinski definition) is 4. The Morgan fingerprint density at radius 2 is 1.67 bits per heavy atom. The molecule has 1 aliphatic heterocycles. The minimum atomic E-state index is -0.279. The van der Waals surface area contributed by atoms with Crippen molar-refractivity contribution in [2.24, 2.45) is 0 Å². The van der Waals surface area contributed by atoms with E-state index in [9.17, 15) is 14.4 Å². The lowest BCUT2D eigenvalue weighted by Gasteiger charge is -2.18. The second-order valence-electron chi connectivity index (χ2n) is 7.10. The number of halogens is 2. The van der Waals surface area contributed by atoms with Crippen LogP contribution in [-0.2, 0) is 14.4 Å². The van der Waals surface area contributed by atoms with Crippen molar-refractivity contribution in [1.82, 2.24) is 4.90 Å². The molecule has 1 aliphatic rings. The number of rotatable bonds is 7. The average molecular weight is 449 g/mol. The zero-order valence-electron chi connectivity index (χ0n) is 16.5. The molecule has 1 heterocycles. The van der Waals surface area contributed by atoms with Crippen LogP contribution in [0.3, 0.4) is 0 Å². The van der Waals surface area contributed by atoms with Gasteiger partial charge in [0.25, 0.3) is 0 Å². The number of nitrogens with zero attached hydrogens (tertiary/aromatic N) is 2. The van der Waals surface area contributed by atoms with Crippen LogP contribution in [0.15, 0.2) is 42.5 Å². The second-order valence-corrected chi connectivity index (χ2v) is 7.91. The van der Waals surface area contributed by atoms with Gasteiger partial charge in [-0.25, -0.2) is 0 Å². The summed E-state index contributed by atoms with van der Waals surface area (Å²) in [7, 11) is 1.67. The predicted molar refractivity (Wildman–Crippen MR) is 119 cm³/mol. The van der Waals surface area contributed by atoms with Crippen molar-refractivity contribution < 1.29 is 14.4 Å². The van der Waals surface area contributed by atoms with Gasteiger partial charge in [-0.3, -0.25) is 19.3 Å². The summed E-state index contributed by atoms with van der Waals surface area (Å²) >= 11 is 11.8. The zero-order valence-corrected chi connectivity index (χ0v) is 18.0. The molecule has 0 unspecified atom stereocenters. The number of carbonyl (C=O) groups excluding carboxylic acids is 3. The van der Waals surface area contributed by atoms with Crippen LogP contribution in [-0.4, -0.2) is 49.3 Å². The summed E-state index contributed by atoms with van der Waals surface area (Å²) in [4.78, 5) is 39.7. The highest BCUT2D eigenvalue weighted by atomic mass is 35.5. The van der Waals surface area contributed by atoms with Crippen molar-refractivity contribution in [3.8, 4) is 0 Å². The number of amides is 3. The van der Waals surface area contributed by atoms with Gasteiger partial charge in [0.15, 0.2) is 0 Å². The Morgan fingerprint density at radius 3 is 2.27 bits per heavy atom. The molecule has 9 heteroatoms. The molecule has 3 rings (SSSR count). The van der Waals surface area contributed by atoms with Gasteiger partial charge < -0.3 is 15.5 Å². The highest BCUT2D eigenvalue weighted by molar-refractivity contribution is 6.42. The normalized spacial score (nSPS) is 13.6. The molecule has 158 valence electrons. The Hall–Kier alpha value is -2.61. The Labute approximate surface area is 184 Å². The molecule has 0 spiro atoms. The van der Waals surface area contributed by atoms with E-state index in [1.807, 2.05) is 6.07 Å². The summed E-state index contributed by atoms with van der Waals surface area (Å²) in [6, 6.07) is 12.0. The Morgan fingerprint density at radius 1 is 1.00 bits per heavy atom. The van der Waals surface area contributed by atoms with E-state index in [2.05, 4.69) is 10.6 Å². The summed E-state index contributed by atoms with van der Waals surface area (Å²) in [5.41, 5.74) is 1.90. The first-order valence-electron chi connectivity index (χ1n) is 9.45. The van der Waals surface area contributed by atoms with Crippen LogP contribution in [0.5, 0.6) is 0 Å². The lowest BCUT2D eigenvalue weighted by Crippen LogP contribution is -2.36. The molecular weight excluding hydrogens is 427 g/mol. The molecule has 2 N–H and O–H groups in total. The Balaban J connectivity index is 1.50. The van der Waals surface area contributed by atoms with Crippen LogP contribution in [0.25, 0.3) is 0 Å². The van der Waals surface area contributed by atoms with Gasteiger partial charge in [0.2, 0.25) is 17.7 Å². The standard InChI is InChI=1S/C21H22Cl2N4O3/c1-26(13-20(29)25-15-7-8-17(22)18(23)11-15)12-19(28)24-14-4-2-5-16(10-14)27-9-3-6-21(27)30/h2,4-5,7-8,10-11H,3,6,9,12-13H2,1H3,(H,24,28)(H,25,29). The van der Waals surface area contributed by atoms with E-state index in [-0.39, 0.29) is 30.8 Å². The lowest BCUT2D eigenvalue weighted by molar-refractivity contribution is -0.119. The van der Waals surface area contributed by atoms with Crippen LogP contribution in [0.2, 0.25) is 10.0 Å². The summed E-state index contributed by atoms with van der Waals surface area (Å²) in [5.74, 6) is -0.450. The molecule has 0 radical (unpaired) electrons. The quantitative estimate of drug-likeness (QED) is 0.677. The van der Waals surface area contributed by atoms with Crippen LogP contribution in [0.1, 0.15) is 12.8 Å². The molecule has 1 fully saturated rings. The molecule has 0 aliphatic carbocycles. The molecule has 0 saturated carbocycles. The van der Waals surface area contributed by atoms with E-state index >= 15 is 0 Å². The largest absolute Gasteiger partial charge is 0.325 e. The zero-order chi connectivity index (χ0) is 21.7. The minimum absolute atomic E-state index is 0.0238. The Bertz CT molecular complexity index is 967. The summed E-state index contributed by atoms with van der Waals surface area (Å²) in [6.45, 7) is 0.741. The van der Waals surface area contributed by atoms with Crippen LogP contribution in [0.4, 0.5) is 17.1 Å². The molecule has 30 heavy (non-hydrogen) atoms. The molecular formula is C21H22Cl2N4O3. The summed E-state index contributed by atoms with van der Waals surface area (Å²) in [6.07, 6.45) is 1.39. The average Bonchev–Trinajstić information content (AvgIpc) is 3.10. The molecule has 2 aromatic carbocycles. The summed E-state index contributed by atoms with van der Waals surface area (Å²) in [5, 5.41) is 6.27. The van der Waals surface area contributed by atoms with Crippen molar-refractivity contribution >= 4 is 58.0 Å². The van der Waals surface area contributed by atoms with Crippen LogP contribution >= 0.6 is 23.2 Å². The number of likely N-dealkylation sites (N-methyl/N-ethyl adjacent to an activating group) is 1. The molecule has 2 aromatic rings. The van der Waals surface area contributed by atoms with Gasteiger partial charge >= 0.3 is 0 Å². The van der Waals surface area contributed by atoms with Gasteiger partial charge in [-0.15, -0.1) is 0 Å². The van der Waals surface area contributed by atoms with E-state index in [0.29, 0.717) is 34.4 Å². The maximum absolute atomic E-state index is 12.3. The fourth-order valence-corrected chi connectivity index (χ4v) is 3.49. The topological polar surface area (TPSA) is 81.8 Å². The van der Waals surface area contributed by atoms with E-state index in [0.717, 1.165) is 12.1 Å². The smallest absolute Gasteiger partial charge is 0.238 e. The number of nitrogens with one attached hydrogen (secondary N) is 2. The van der Waals surface area contributed by atoms with E-state index in [4.69, 9.17) is 23.2 Å². The van der Waals surface area contributed by atoms with Gasteiger partial charge in [0.05, 0.1) is 23.1 Å². The first kappa shape index (κ1) is 22.1. The first-order chi connectivity index (χ1) is 14.3. The Kier molecular flexibility index (Phi) is 7.31. The molecule has 3 amide bonds. The number of benzene rings is 2. The molecule has 0 aromatic heterocycles. The van der Waals surface area contributed by atoms with Gasteiger partial charge in [0, 0.05) is 30.0 Å². The van der Waals surface area contributed by atoms with Gasteiger partial charge in [-0.1, -0.05) is 29.3 Å². The van der Waals surface area contributed by atoms with E-state index in [1.165, 1.54) is 0 Å². The number of hydrogen-bond donors (Lipinski definition) is 2. The highest BCUT2D eigenvalue weighted by Gasteiger charge is 2.22. The van der Waals surface area contributed by atoms with E-state index in [1.54, 1.807) is 53.2 Å².